The summed E-state index contributed by atoms with van der Waals surface area (Å²) >= 11 is 0. The first-order valence-electron chi connectivity index (χ1n) is 9.32. The molecular formula is C19H28N4O3. The van der Waals surface area contributed by atoms with Crippen LogP contribution in [0.25, 0.3) is 0 Å². The molecule has 1 aromatic carbocycles. The van der Waals surface area contributed by atoms with E-state index in [1.807, 2.05) is 28.0 Å². The maximum Gasteiger partial charge on any atom is 0.317 e. The second-order valence-electron chi connectivity index (χ2n) is 6.79. The number of benzene rings is 1. The van der Waals surface area contributed by atoms with Gasteiger partial charge in [-0.15, -0.1) is 0 Å². The Hall–Kier alpha value is -2.28. The van der Waals surface area contributed by atoms with Crippen molar-refractivity contribution in [2.24, 2.45) is 0 Å². The zero-order valence-electron chi connectivity index (χ0n) is 15.4. The first-order chi connectivity index (χ1) is 12.7. The summed E-state index contributed by atoms with van der Waals surface area (Å²) in [7, 11) is 1.69. The Morgan fingerprint density at radius 3 is 2.62 bits per heavy atom. The molecule has 0 unspecified atom stereocenters. The summed E-state index contributed by atoms with van der Waals surface area (Å²) in [4.78, 5) is 29.9. The number of carbonyl (C=O) groups is 2. The molecule has 2 heterocycles. The standard InChI is InChI=1S/C19H28N4O3/c1-26-17-6-3-2-5-16(17)15-21-11-13-23(14-12-21)19(25)20-8-10-22-9-4-7-18(22)24/h2-3,5-6H,4,7-15H2,1H3,(H,20,25). The normalized spacial score (nSPS) is 18.3. The van der Waals surface area contributed by atoms with Crippen molar-refractivity contribution in [1.29, 1.82) is 0 Å². The number of amides is 3. The highest BCUT2D eigenvalue weighted by Crippen LogP contribution is 2.20. The summed E-state index contributed by atoms with van der Waals surface area (Å²) in [6.45, 7) is 5.89. The van der Waals surface area contributed by atoms with E-state index < -0.39 is 0 Å². The molecule has 2 fully saturated rings. The third-order valence-corrected chi connectivity index (χ3v) is 5.08. The molecule has 2 aliphatic heterocycles. The minimum atomic E-state index is -0.0337. The van der Waals surface area contributed by atoms with Crippen LogP contribution in [0.4, 0.5) is 4.79 Å². The molecule has 7 heteroatoms. The molecule has 2 aliphatic rings. The number of nitrogens with one attached hydrogen (secondary N) is 1. The van der Waals surface area contributed by atoms with Gasteiger partial charge in [-0.25, -0.2) is 4.79 Å². The molecule has 0 aliphatic carbocycles. The van der Waals surface area contributed by atoms with Crippen LogP contribution >= 0.6 is 0 Å². The van der Waals surface area contributed by atoms with E-state index in [2.05, 4.69) is 16.3 Å². The molecule has 0 saturated carbocycles. The van der Waals surface area contributed by atoms with Crippen molar-refractivity contribution >= 4 is 11.9 Å². The molecule has 0 bridgehead atoms. The number of nitrogens with zero attached hydrogens (tertiary/aromatic N) is 3. The van der Waals surface area contributed by atoms with Crippen LogP contribution in [-0.4, -0.2) is 79.6 Å². The molecule has 3 rings (SSSR count). The van der Waals surface area contributed by atoms with E-state index >= 15 is 0 Å². The molecule has 3 amide bonds. The average Bonchev–Trinajstić information content (AvgIpc) is 3.07. The van der Waals surface area contributed by atoms with Gasteiger partial charge in [-0.2, -0.15) is 0 Å². The lowest BCUT2D eigenvalue weighted by atomic mass is 10.1. The van der Waals surface area contributed by atoms with Gasteiger partial charge in [0, 0.05) is 64.3 Å². The minimum absolute atomic E-state index is 0.0337. The van der Waals surface area contributed by atoms with E-state index in [0.29, 0.717) is 32.6 Å². The highest BCUT2D eigenvalue weighted by atomic mass is 16.5. The summed E-state index contributed by atoms with van der Waals surface area (Å²) < 4.78 is 5.41. The lowest BCUT2D eigenvalue weighted by Gasteiger charge is -2.35. The van der Waals surface area contributed by atoms with Crippen LogP contribution in [-0.2, 0) is 11.3 Å². The van der Waals surface area contributed by atoms with Gasteiger partial charge in [-0.1, -0.05) is 18.2 Å². The quantitative estimate of drug-likeness (QED) is 0.826. The SMILES string of the molecule is COc1ccccc1CN1CCN(C(=O)NCCN2CCCC2=O)CC1. The first kappa shape index (κ1) is 18.5. The Morgan fingerprint density at radius 2 is 1.92 bits per heavy atom. The molecule has 2 saturated heterocycles. The molecular weight excluding hydrogens is 332 g/mol. The van der Waals surface area contributed by atoms with E-state index in [1.165, 1.54) is 5.56 Å². The van der Waals surface area contributed by atoms with Crippen LogP contribution in [0.15, 0.2) is 24.3 Å². The molecule has 0 spiro atoms. The third-order valence-electron chi connectivity index (χ3n) is 5.08. The van der Waals surface area contributed by atoms with Crippen molar-refractivity contribution < 1.29 is 14.3 Å². The number of likely N-dealkylation sites (tertiary alicyclic amines) is 1. The van der Waals surface area contributed by atoms with E-state index in [9.17, 15) is 9.59 Å². The highest BCUT2D eigenvalue weighted by Gasteiger charge is 2.23. The lowest BCUT2D eigenvalue weighted by Crippen LogP contribution is -2.52. The van der Waals surface area contributed by atoms with Crippen LogP contribution < -0.4 is 10.1 Å². The summed E-state index contributed by atoms with van der Waals surface area (Å²) in [5, 5.41) is 2.94. The summed E-state index contributed by atoms with van der Waals surface area (Å²) in [5.41, 5.74) is 1.17. The van der Waals surface area contributed by atoms with Gasteiger partial charge in [0.2, 0.25) is 5.91 Å². The molecule has 0 atom stereocenters. The van der Waals surface area contributed by atoms with E-state index in [0.717, 1.165) is 38.3 Å². The van der Waals surface area contributed by atoms with Gasteiger partial charge in [0.25, 0.3) is 0 Å². The number of piperazine rings is 1. The Balaban J connectivity index is 1.39. The number of rotatable bonds is 6. The van der Waals surface area contributed by atoms with Gasteiger partial charge >= 0.3 is 6.03 Å². The zero-order valence-corrected chi connectivity index (χ0v) is 15.4. The van der Waals surface area contributed by atoms with E-state index in [1.54, 1.807) is 7.11 Å². The topological polar surface area (TPSA) is 65.1 Å². The van der Waals surface area contributed by atoms with Crippen molar-refractivity contribution in [2.75, 3.05) is 52.9 Å². The fourth-order valence-corrected chi connectivity index (χ4v) is 3.53. The Morgan fingerprint density at radius 1 is 1.15 bits per heavy atom. The smallest absolute Gasteiger partial charge is 0.317 e. The number of ether oxygens (including phenoxy) is 1. The monoisotopic (exact) mass is 360 g/mol. The highest BCUT2D eigenvalue weighted by molar-refractivity contribution is 5.78. The predicted octanol–water partition coefficient (Wildman–Crippen LogP) is 1.14. The van der Waals surface area contributed by atoms with E-state index in [-0.39, 0.29) is 11.9 Å². The first-order valence-corrected chi connectivity index (χ1v) is 9.32. The summed E-state index contributed by atoms with van der Waals surface area (Å²) in [6, 6.07) is 8.02. The second-order valence-corrected chi connectivity index (χ2v) is 6.79. The number of hydrogen-bond acceptors (Lipinski definition) is 4. The number of hydrogen-bond donors (Lipinski definition) is 1. The fraction of sp³-hybridized carbons (Fsp3) is 0.579. The van der Waals surface area contributed by atoms with Crippen molar-refractivity contribution in [3.8, 4) is 5.75 Å². The van der Waals surface area contributed by atoms with Crippen molar-refractivity contribution in [3.63, 3.8) is 0 Å². The number of urea groups is 1. The summed E-state index contributed by atoms with van der Waals surface area (Å²) in [5.74, 6) is 1.10. The van der Waals surface area contributed by atoms with Crippen molar-refractivity contribution in [3.05, 3.63) is 29.8 Å². The Kier molecular flexibility index (Phi) is 6.33. The Labute approximate surface area is 154 Å². The molecule has 0 radical (unpaired) electrons. The molecule has 0 aromatic heterocycles. The predicted molar refractivity (Wildman–Crippen MR) is 99.1 cm³/mol. The number of para-hydroxylation sites is 1. The maximum absolute atomic E-state index is 12.3. The molecule has 1 N–H and O–H groups in total. The van der Waals surface area contributed by atoms with Gasteiger partial charge in [0.1, 0.15) is 5.75 Å². The van der Waals surface area contributed by atoms with Crippen LogP contribution in [0.5, 0.6) is 5.75 Å². The van der Waals surface area contributed by atoms with Gasteiger partial charge in [-0.3, -0.25) is 9.69 Å². The van der Waals surface area contributed by atoms with Gasteiger partial charge < -0.3 is 19.9 Å². The largest absolute Gasteiger partial charge is 0.496 e. The van der Waals surface area contributed by atoms with Crippen molar-refractivity contribution in [1.82, 2.24) is 20.0 Å². The van der Waals surface area contributed by atoms with Gasteiger partial charge in [0.15, 0.2) is 0 Å². The molecule has 1 aromatic rings. The van der Waals surface area contributed by atoms with Crippen molar-refractivity contribution in [2.45, 2.75) is 19.4 Å². The molecule has 142 valence electrons. The van der Waals surface area contributed by atoms with Crippen LogP contribution in [0.1, 0.15) is 18.4 Å². The Bertz CT molecular complexity index is 629. The number of carbonyl (C=O) groups excluding carboxylic acids is 2. The third kappa shape index (κ3) is 4.66. The minimum Gasteiger partial charge on any atom is -0.496 e. The zero-order chi connectivity index (χ0) is 18.4. The average molecular weight is 360 g/mol. The molecule has 7 nitrogen and oxygen atoms in total. The lowest BCUT2D eigenvalue weighted by molar-refractivity contribution is -0.127. The van der Waals surface area contributed by atoms with E-state index in [4.69, 9.17) is 4.74 Å². The van der Waals surface area contributed by atoms with Gasteiger partial charge in [-0.05, 0) is 12.5 Å². The van der Waals surface area contributed by atoms with Crippen LogP contribution in [0, 0.1) is 0 Å². The molecule has 26 heavy (non-hydrogen) atoms. The summed E-state index contributed by atoms with van der Waals surface area (Å²) in [6.07, 6.45) is 1.57. The maximum atomic E-state index is 12.3. The second kappa shape index (κ2) is 8.89. The van der Waals surface area contributed by atoms with Gasteiger partial charge in [0.05, 0.1) is 7.11 Å². The number of methoxy groups -OCH3 is 1. The fourth-order valence-electron chi connectivity index (χ4n) is 3.53. The van der Waals surface area contributed by atoms with Crippen LogP contribution in [0.2, 0.25) is 0 Å². The van der Waals surface area contributed by atoms with Crippen LogP contribution in [0.3, 0.4) is 0 Å².